The highest BCUT2D eigenvalue weighted by molar-refractivity contribution is 7.21. The summed E-state index contributed by atoms with van der Waals surface area (Å²) in [5.74, 6) is 0.861. The first-order chi connectivity index (χ1) is 16.9. The van der Waals surface area contributed by atoms with Gasteiger partial charge >= 0.3 is 0 Å². The van der Waals surface area contributed by atoms with Crippen LogP contribution in [0.4, 0.5) is 4.39 Å². The topological polar surface area (TPSA) is 49.8 Å². The second-order valence-electron chi connectivity index (χ2n) is 9.01. The zero-order valence-corrected chi connectivity index (χ0v) is 20.8. The lowest BCUT2D eigenvalue weighted by molar-refractivity contribution is 0.104. The first-order valence-electron chi connectivity index (χ1n) is 11.6. The van der Waals surface area contributed by atoms with Crippen LogP contribution in [-0.4, -0.2) is 42.0 Å². The highest BCUT2D eigenvalue weighted by Gasteiger charge is 2.23. The summed E-state index contributed by atoms with van der Waals surface area (Å²) in [6, 6.07) is 16.5. The van der Waals surface area contributed by atoms with E-state index < -0.39 is 5.82 Å². The summed E-state index contributed by atoms with van der Waals surface area (Å²) >= 11 is 7.49. The number of phenolic OH excluding ortho intramolecular Hbond substituents is 1. The van der Waals surface area contributed by atoms with Crippen LogP contribution >= 0.6 is 22.9 Å². The highest BCUT2D eigenvalue weighted by atomic mass is 35.5. The lowest BCUT2D eigenvalue weighted by Gasteiger charge is -2.15. The van der Waals surface area contributed by atoms with Crippen molar-refractivity contribution in [3.05, 3.63) is 81.9 Å². The number of rotatable bonds is 7. The second kappa shape index (κ2) is 9.97. The van der Waals surface area contributed by atoms with E-state index in [9.17, 15) is 14.3 Å². The Hall–Kier alpha value is -2.93. The molecule has 0 aliphatic carbocycles. The van der Waals surface area contributed by atoms with Crippen molar-refractivity contribution in [2.24, 2.45) is 5.92 Å². The van der Waals surface area contributed by atoms with E-state index in [2.05, 4.69) is 11.8 Å². The molecule has 1 aromatic heterocycles. The SMILES string of the molecule is C[C@H]1CCN(CCOc2ccc(-c3c(C(=O)c4ccc(F)cc4Cl)sc4cc(O)ccc34)cc2)C1. The van der Waals surface area contributed by atoms with Gasteiger partial charge < -0.3 is 9.84 Å². The molecule has 7 heteroatoms. The summed E-state index contributed by atoms with van der Waals surface area (Å²) in [6.07, 6.45) is 1.24. The van der Waals surface area contributed by atoms with E-state index in [-0.39, 0.29) is 22.1 Å². The molecule has 0 saturated carbocycles. The van der Waals surface area contributed by atoms with Crippen LogP contribution in [0.25, 0.3) is 21.2 Å². The van der Waals surface area contributed by atoms with E-state index >= 15 is 0 Å². The Kier molecular flexibility index (Phi) is 6.78. The van der Waals surface area contributed by atoms with Crippen LogP contribution in [0.15, 0.2) is 60.7 Å². The van der Waals surface area contributed by atoms with Crippen molar-refractivity contribution in [1.82, 2.24) is 4.90 Å². The normalized spacial score (nSPS) is 16.1. The van der Waals surface area contributed by atoms with E-state index in [1.807, 2.05) is 24.3 Å². The second-order valence-corrected chi connectivity index (χ2v) is 10.5. The van der Waals surface area contributed by atoms with Gasteiger partial charge in [-0.3, -0.25) is 9.69 Å². The minimum Gasteiger partial charge on any atom is -0.508 e. The van der Waals surface area contributed by atoms with Crippen LogP contribution in [0.5, 0.6) is 11.5 Å². The number of carbonyl (C=O) groups is 1. The van der Waals surface area contributed by atoms with Crippen molar-refractivity contribution >= 4 is 38.8 Å². The molecule has 1 saturated heterocycles. The fourth-order valence-corrected chi connectivity index (χ4v) is 6.03. The van der Waals surface area contributed by atoms with Gasteiger partial charge in [0.1, 0.15) is 23.9 Å². The number of hydrogen-bond acceptors (Lipinski definition) is 5. The summed E-state index contributed by atoms with van der Waals surface area (Å²) in [4.78, 5) is 16.4. The van der Waals surface area contributed by atoms with Gasteiger partial charge in [-0.1, -0.05) is 30.7 Å². The number of likely N-dealkylation sites (tertiary alicyclic amines) is 1. The number of fused-ring (bicyclic) bond motifs is 1. The molecule has 1 aliphatic heterocycles. The van der Waals surface area contributed by atoms with Crippen molar-refractivity contribution in [1.29, 1.82) is 0 Å². The Bertz CT molecular complexity index is 1390. The summed E-state index contributed by atoms with van der Waals surface area (Å²) in [5, 5.41) is 10.9. The predicted octanol–water partition coefficient (Wildman–Crippen LogP) is 7.02. The number of ether oxygens (including phenoxy) is 1. The Morgan fingerprint density at radius 1 is 1.17 bits per heavy atom. The maximum Gasteiger partial charge on any atom is 0.205 e. The molecule has 0 amide bonds. The Morgan fingerprint density at radius 2 is 1.97 bits per heavy atom. The largest absolute Gasteiger partial charge is 0.508 e. The Labute approximate surface area is 212 Å². The van der Waals surface area contributed by atoms with Gasteiger partial charge in [0.05, 0.1) is 9.90 Å². The van der Waals surface area contributed by atoms with E-state index in [0.717, 1.165) is 58.6 Å². The van der Waals surface area contributed by atoms with Crippen LogP contribution in [-0.2, 0) is 0 Å². The Morgan fingerprint density at radius 3 is 2.69 bits per heavy atom. The zero-order valence-electron chi connectivity index (χ0n) is 19.3. The molecule has 1 fully saturated rings. The minimum absolute atomic E-state index is 0.0670. The monoisotopic (exact) mass is 509 g/mol. The summed E-state index contributed by atoms with van der Waals surface area (Å²) in [6.45, 7) is 6.05. The maximum absolute atomic E-state index is 13.6. The first kappa shape index (κ1) is 23.8. The van der Waals surface area contributed by atoms with Gasteiger partial charge in [0.25, 0.3) is 0 Å². The standard InChI is InChI=1S/C28H25ClFNO3S/c1-17-10-11-31(16-17)12-13-34-21-6-2-18(3-7-21)26-23-9-5-20(32)15-25(23)35-28(26)27(33)22-8-4-19(30)14-24(22)29/h2-9,14-15,17,32H,10-13,16H2,1H3/t17-/m0/s1. The van der Waals surface area contributed by atoms with Crippen LogP contribution in [0, 0.1) is 11.7 Å². The minimum atomic E-state index is -0.497. The van der Waals surface area contributed by atoms with Gasteiger partial charge in [-0.25, -0.2) is 4.39 Å². The number of ketones is 1. The van der Waals surface area contributed by atoms with E-state index in [1.165, 1.54) is 29.9 Å². The van der Waals surface area contributed by atoms with Crippen LogP contribution in [0.3, 0.4) is 0 Å². The number of phenols is 1. The lowest BCUT2D eigenvalue weighted by atomic mass is 9.98. The quantitative estimate of drug-likeness (QED) is 0.272. The fraction of sp³-hybridized carbons (Fsp3) is 0.250. The third-order valence-corrected chi connectivity index (χ3v) is 7.85. The Balaban J connectivity index is 1.44. The van der Waals surface area contributed by atoms with Crippen molar-refractivity contribution in [2.45, 2.75) is 13.3 Å². The maximum atomic E-state index is 13.6. The molecule has 1 aliphatic rings. The number of benzene rings is 3. The molecule has 1 N–H and O–H groups in total. The molecule has 0 spiro atoms. The van der Waals surface area contributed by atoms with Gasteiger partial charge in [0.2, 0.25) is 5.78 Å². The molecule has 0 unspecified atom stereocenters. The van der Waals surface area contributed by atoms with Crippen LogP contribution in [0.2, 0.25) is 5.02 Å². The van der Waals surface area contributed by atoms with Crippen molar-refractivity contribution in [2.75, 3.05) is 26.2 Å². The molecular weight excluding hydrogens is 485 g/mol. The number of halogens is 2. The van der Waals surface area contributed by atoms with Gasteiger partial charge in [-0.2, -0.15) is 0 Å². The van der Waals surface area contributed by atoms with Gasteiger partial charge in [-0.15, -0.1) is 11.3 Å². The molecule has 2 heterocycles. The van der Waals surface area contributed by atoms with Crippen molar-refractivity contribution in [3.63, 3.8) is 0 Å². The van der Waals surface area contributed by atoms with Crippen LogP contribution < -0.4 is 4.74 Å². The first-order valence-corrected chi connectivity index (χ1v) is 12.8. The number of hydrogen-bond donors (Lipinski definition) is 1. The zero-order chi connectivity index (χ0) is 24.5. The number of aromatic hydroxyl groups is 1. The number of nitrogens with zero attached hydrogens (tertiary/aromatic N) is 1. The number of carbonyl (C=O) groups excluding carboxylic acids is 1. The van der Waals surface area contributed by atoms with Gasteiger partial charge in [0.15, 0.2) is 0 Å². The molecule has 0 bridgehead atoms. The average molecular weight is 510 g/mol. The smallest absolute Gasteiger partial charge is 0.205 e. The number of thiophene rings is 1. The predicted molar refractivity (Wildman–Crippen MR) is 139 cm³/mol. The van der Waals surface area contributed by atoms with E-state index in [1.54, 1.807) is 18.2 Å². The molecule has 35 heavy (non-hydrogen) atoms. The molecule has 4 nitrogen and oxygen atoms in total. The molecule has 5 rings (SSSR count). The molecule has 1 atom stereocenters. The summed E-state index contributed by atoms with van der Waals surface area (Å²) < 4.78 is 20.3. The van der Waals surface area contributed by atoms with E-state index in [4.69, 9.17) is 16.3 Å². The molecular formula is C28H25ClFNO3S. The third-order valence-electron chi connectivity index (χ3n) is 6.38. The fourth-order valence-electron chi connectivity index (χ4n) is 4.57. The molecule has 180 valence electrons. The lowest BCUT2D eigenvalue weighted by Crippen LogP contribution is -2.25. The van der Waals surface area contributed by atoms with Gasteiger partial charge in [0, 0.05) is 34.3 Å². The van der Waals surface area contributed by atoms with Crippen molar-refractivity contribution in [3.8, 4) is 22.6 Å². The molecule has 3 aromatic carbocycles. The molecule has 4 aromatic rings. The van der Waals surface area contributed by atoms with Crippen LogP contribution in [0.1, 0.15) is 28.6 Å². The molecule has 0 radical (unpaired) electrons. The third kappa shape index (κ3) is 5.06. The van der Waals surface area contributed by atoms with Crippen molar-refractivity contribution < 1.29 is 19.0 Å². The summed E-state index contributed by atoms with van der Waals surface area (Å²) in [5.41, 5.74) is 1.85. The highest BCUT2D eigenvalue weighted by Crippen LogP contribution is 2.42. The average Bonchev–Trinajstić information content (AvgIpc) is 3.42. The van der Waals surface area contributed by atoms with E-state index in [0.29, 0.717) is 11.5 Å². The van der Waals surface area contributed by atoms with Gasteiger partial charge in [-0.05, 0) is 73.0 Å². The summed E-state index contributed by atoms with van der Waals surface area (Å²) in [7, 11) is 0.